The molecule has 3 aromatic rings. The Hall–Kier alpha value is -2.51. The van der Waals surface area contributed by atoms with Gasteiger partial charge in [-0.05, 0) is 60.6 Å². The fourth-order valence-corrected chi connectivity index (χ4v) is 5.13. The van der Waals surface area contributed by atoms with E-state index in [9.17, 15) is 13.2 Å². The summed E-state index contributed by atoms with van der Waals surface area (Å²) in [4.78, 5) is 17.1. The summed E-state index contributed by atoms with van der Waals surface area (Å²) in [6.45, 7) is 0. The van der Waals surface area contributed by atoms with Crippen LogP contribution in [0, 0.1) is 0 Å². The number of aryl methyl sites for hydroxylation is 2. The molecule has 0 bridgehead atoms. The average molecular weight is 427 g/mol. The highest BCUT2D eigenvalue weighted by Crippen LogP contribution is 2.29. The first-order valence-electron chi connectivity index (χ1n) is 9.53. The van der Waals surface area contributed by atoms with Gasteiger partial charge < -0.3 is 0 Å². The molecule has 2 aromatic carbocycles. The largest absolute Gasteiger partial charge is 0.298 e. The minimum absolute atomic E-state index is 0.0894. The maximum absolute atomic E-state index is 12.6. The number of nitrogens with zero attached hydrogens (tertiary/aromatic N) is 1. The quantitative estimate of drug-likeness (QED) is 0.652. The molecule has 29 heavy (non-hydrogen) atoms. The van der Waals surface area contributed by atoms with Crippen LogP contribution in [0.1, 0.15) is 39.9 Å². The van der Waals surface area contributed by atoms with Crippen LogP contribution in [0.15, 0.2) is 47.8 Å². The summed E-state index contributed by atoms with van der Waals surface area (Å²) in [5, 5.41) is 5.29. The number of nitrogens with one attached hydrogen (secondary N) is 1. The first kappa shape index (κ1) is 19.8. The lowest BCUT2D eigenvalue weighted by Gasteiger charge is -2.16. The summed E-state index contributed by atoms with van der Waals surface area (Å²) < 4.78 is 23.0. The van der Waals surface area contributed by atoms with Crippen LogP contribution < -0.4 is 5.32 Å². The molecule has 1 aliphatic rings. The number of fused-ring (bicyclic) bond motifs is 1. The number of thiazole rings is 1. The smallest absolute Gasteiger partial charge is 0.257 e. The number of rotatable bonds is 5. The van der Waals surface area contributed by atoms with Gasteiger partial charge in [0.2, 0.25) is 0 Å². The van der Waals surface area contributed by atoms with Crippen LogP contribution in [0.4, 0.5) is 5.13 Å². The highest BCUT2D eigenvalue weighted by Gasteiger charge is 2.14. The predicted octanol–water partition coefficient (Wildman–Crippen LogP) is 4.49. The highest BCUT2D eigenvalue weighted by molar-refractivity contribution is 7.89. The van der Waals surface area contributed by atoms with E-state index in [4.69, 9.17) is 0 Å². The molecule has 0 atom stereocenters. The zero-order valence-electron chi connectivity index (χ0n) is 16.1. The third-order valence-corrected chi connectivity index (χ3v) is 6.60. The Balaban J connectivity index is 1.49. The number of carbonyl (C=O) groups is 1. The molecule has 1 aliphatic carbocycles. The van der Waals surface area contributed by atoms with E-state index in [1.54, 1.807) is 24.3 Å². The number of hydrogen-bond donors (Lipinski definition) is 1. The summed E-state index contributed by atoms with van der Waals surface area (Å²) in [5.74, 6) is -0.389. The topological polar surface area (TPSA) is 76.1 Å². The lowest BCUT2D eigenvalue weighted by Crippen LogP contribution is -2.12. The van der Waals surface area contributed by atoms with Gasteiger partial charge in [0.15, 0.2) is 15.0 Å². The molecule has 0 saturated carbocycles. The molecule has 0 spiro atoms. The summed E-state index contributed by atoms with van der Waals surface area (Å²) in [7, 11) is -3.15. The molecule has 0 saturated heterocycles. The molecule has 1 amide bonds. The summed E-state index contributed by atoms with van der Waals surface area (Å²) >= 11 is 1.38. The Bertz CT molecular complexity index is 1170. The highest BCUT2D eigenvalue weighted by atomic mass is 32.2. The molecule has 5 nitrogen and oxygen atoms in total. The number of aromatic nitrogens is 1. The monoisotopic (exact) mass is 426 g/mol. The first-order chi connectivity index (χ1) is 13.9. The Morgan fingerprint density at radius 3 is 2.69 bits per heavy atom. The van der Waals surface area contributed by atoms with Crippen LogP contribution in [-0.4, -0.2) is 25.6 Å². The Morgan fingerprint density at radius 2 is 1.90 bits per heavy atom. The zero-order valence-corrected chi connectivity index (χ0v) is 17.8. The van der Waals surface area contributed by atoms with Crippen LogP contribution in [0.25, 0.3) is 11.3 Å². The van der Waals surface area contributed by atoms with Crippen LogP contribution in [0.3, 0.4) is 0 Å². The molecule has 1 aromatic heterocycles. The van der Waals surface area contributed by atoms with Crippen LogP contribution in [0.5, 0.6) is 0 Å². The average Bonchev–Trinajstić information content (AvgIpc) is 3.15. The second-order valence-corrected chi connectivity index (χ2v) is 10.5. The first-order valence-corrected chi connectivity index (χ1v) is 12.5. The van der Waals surface area contributed by atoms with Crippen LogP contribution in [0.2, 0.25) is 0 Å². The fraction of sp³-hybridized carbons (Fsp3) is 0.273. The third-order valence-electron chi connectivity index (χ3n) is 4.99. The zero-order chi connectivity index (χ0) is 20.4. The van der Waals surface area contributed by atoms with Gasteiger partial charge in [-0.25, -0.2) is 13.4 Å². The van der Waals surface area contributed by atoms with Gasteiger partial charge in [0.05, 0.1) is 11.4 Å². The van der Waals surface area contributed by atoms with E-state index in [0.717, 1.165) is 24.1 Å². The van der Waals surface area contributed by atoms with Gasteiger partial charge in [0, 0.05) is 22.8 Å². The number of benzene rings is 2. The maximum atomic E-state index is 12.6. The molecule has 0 fully saturated rings. The van der Waals surface area contributed by atoms with Crippen molar-refractivity contribution in [3.63, 3.8) is 0 Å². The van der Waals surface area contributed by atoms with Gasteiger partial charge in [-0.3, -0.25) is 10.1 Å². The molecule has 1 N–H and O–H groups in total. The molecular formula is C22H22N2O3S2. The van der Waals surface area contributed by atoms with Crippen molar-refractivity contribution in [1.82, 2.24) is 4.98 Å². The van der Waals surface area contributed by atoms with Gasteiger partial charge >= 0.3 is 0 Å². The van der Waals surface area contributed by atoms with E-state index >= 15 is 0 Å². The Morgan fingerprint density at radius 1 is 1.10 bits per heavy atom. The predicted molar refractivity (Wildman–Crippen MR) is 117 cm³/mol. The summed E-state index contributed by atoms with van der Waals surface area (Å²) in [5.41, 5.74) is 5.75. The molecule has 150 valence electrons. The molecule has 1 heterocycles. The number of amides is 1. The van der Waals surface area contributed by atoms with E-state index in [1.165, 1.54) is 41.6 Å². The van der Waals surface area contributed by atoms with Gasteiger partial charge in [-0.15, -0.1) is 11.3 Å². The molecule has 7 heteroatoms. The van der Waals surface area contributed by atoms with Gasteiger partial charge in [-0.1, -0.05) is 24.3 Å². The SMILES string of the molecule is CS(=O)(=O)Cc1cccc(C(=O)Nc2nc(-c3ccc4c(c3)CCCC4)cs2)c1. The lowest BCUT2D eigenvalue weighted by molar-refractivity contribution is 0.102. The second-order valence-electron chi connectivity index (χ2n) is 7.45. The standard InChI is InChI=1S/C22H22N2O3S2/c1-29(26,27)14-15-5-4-8-19(11-15)21(25)24-22-23-20(13-28-22)18-10-9-16-6-2-3-7-17(16)12-18/h4-5,8-13H,2-3,6-7,14H2,1H3,(H,23,24,25). The molecule has 0 radical (unpaired) electrons. The molecule has 0 unspecified atom stereocenters. The molecular weight excluding hydrogens is 404 g/mol. The fourth-order valence-electron chi connectivity index (χ4n) is 3.63. The van der Waals surface area contributed by atoms with Crippen molar-refractivity contribution in [3.8, 4) is 11.3 Å². The number of anilines is 1. The van der Waals surface area contributed by atoms with Crippen molar-refractivity contribution >= 4 is 32.2 Å². The Labute approximate surface area is 174 Å². The maximum Gasteiger partial charge on any atom is 0.257 e. The summed E-state index contributed by atoms with van der Waals surface area (Å²) in [6, 6.07) is 13.2. The molecule has 4 rings (SSSR count). The van der Waals surface area contributed by atoms with Gasteiger partial charge in [0.25, 0.3) is 5.91 Å². The van der Waals surface area contributed by atoms with Crippen LogP contribution in [-0.2, 0) is 28.4 Å². The van der Waals surface area contributed by atoms with Crippen molar-refractivity contribution in [2.45, 2.75) is 31.4 Å². The van der Waals surface area contributed by atoms with Gasteiger partial charge in [-0.2, -0.15) is 0 Å². The van der Waals surface area contributed by atoms with E-state index in [-0.39, 0.29) is 11.7 Å². The number of sulfone groups is 1. The summed E-state index contributed by atoms with van der Waals surface area (Å²) in [6.07, 6.45) is 5.92. The van der Waals surface area contributed by atoms with E-state index in [1.807, 2.05) is 5.38 Å². The van der Waals surface area contributed by atoms with Crippen LogP contribution >= 0.6 is 11.3 Å². The Kier molecular flexibility index (Phi) is 5.52. The van der Waals surface area contributed by atoms with Crippen molar-refractivity contribution in [1.29, 1.82) is 0 Å². The van der Waals surface area contributed by atoms with E-state index in [2.05, 4.69) is 28.5 Å². The van der Waals surface area contributed by atoms with Crippen molar-refractivity contribution < 1.29 is 13.2 Å². The second kappa shape index (κ2) is 8.08. The lowest BCUT2D eigenvalue weighted by atomic mass is 9.90. The molecule has 0 aliphatic heterocycles. The number of hydrogen-bond acceptors (Lipinski definition) is 5. The normalized spacial score (nSPS) is 13.7. The minimum atomic E-state index is -3.15. The van der Waals surface area contributed by atoms with Crippen molar-refractivity contribution in [2.24, 2.45) is 0 Å². The number of carbonyl (C=O) groups excluding carboxylic acids is 1. The third kappa shape index (κ3) is 4.92. The van der Waals surface area contributed by atoms with Crippen molar-refractivity contribution in [2.75, 3.05) is 11.6 Å². The minimum Gasteiger partial charge on any atom is -0.298 e. The van der Waals surface area contributed by atoms with E-state index < -0.39 is 9.84 Å². The van der Waals surface area contributed by atoms with Gasteiger partial charge in [0.1, 0.15) is 0 Å². The van der Waals surface area contributed by atoms with Crippen molar-refractivity contribution in [3.05, 3.63) is 70.1 Å². The van der Waals surface area contributed by atoms with E-state index in [0.29, 0.717) is 16.3 Å².